The predicted octanol–water partition coefficient (Wildman–Crippen LogP) is 3.83. The van der Waals surface area contributed by atoms with E-state index in [4.69, 9.17) is 0 Å². The van der Waals surface area contributed by atoms with Crippen molar-refractivity contribution in [2.24, 2.45) is 5.92 Å². The van der Waals surface area contributed by atoms with Crippen LogP contribution in [0.15, 0.2) is 67.0 Å². The first-order valence-electron chi connectivity index (χ1n) is 8.51. The second-order valence-corrected chi connectivity index (χ2v) is 6.28. The molecule has 3 aromatic rings. The van der Waals surface area contributed by atoms with Crippen LogP contribution in [0.5, 0.6) is 0 Å². The summed E-state index contributed by atoms with van der Waals surface area (Å²) in [5, 5.41) is 6.35. The molecule has 0 fully saturated rings. The van der Waals surface area contributed by atoms with Crippen molar-refractivity contribution in [2.75, 3.05) is 10.6 Å². The molecule has 0 radical (unpaired) electrons. The molecule has 1 unspecified atom stereocenters. The number of carbonyl (C=O) groups is 1. The fourth-order valence-electron chi connectivity index (χ4n) is 3.14. The Balaban J connectivity index is 1.37. The number of anilines is 3. The van der Waals surface area contributed by atoms with Gasteiger partial charge in [-0.3, -0.25) is 4.79 Å². The molecule has 2 heterocycles. The molecule has 0 spiro atoms. The summed E-state index contributed by atoms with van der Waals surface area (Å²) in [6.07, 6.45) is 5.32. The number of nitrogens with one attached hydrogen (secondary N) is 2. The predicted molar refractivity (Wildman–Crippen MR) is 98.8 cm³/mol. The number of benzene rings is 2. The van der Waals surface area contributed by atoms with Crippen LogP contribution in [0.3, 0.4) is 0 Å². The average molecular weight is 332 g/mol. The van der Waals surface area contributed by atoms with Gasteiger partial charge in [0.15, 0.2) is 0 Å². The molecular weight excluding hydrogens is 312 g/mol. The molecule has 2 N–H and O–H groups in total. The molecule has 0 saturated carbocycles. The zero-order chi connectivity index (χ0) is 17.1. The maximum absolute atomic E-state index is 12.5. The van der Waals surface area contributed by atoms with E-state index in [1.54, 1.807) is 6.20 Å². The topological polar surface area (TPSA) is 59.0 Å². The van der Waals surface area contributed by atoms with Crippen molar-refractivity contribution >= 4 is 23.0 Å². The van der Waals surface area contributed by atoms with Crippen molar-refractivity contribution in [2.45, 2.75) is 19.4 Å². The van der Waals surface area contributed by atoms with E-state index in [1.807, 2.05) is 60.8 Å². The Kier molecular flexibility index (Phi) is 4.21. The molecule has 126 valence electrons. The summed E-state index contributed by atoms with van der Waals surface area (Å²) in [6, 6.07) is 17.8. The number of aryl methyl sites for hydroxylation is 1. The summed E-state index contributed by atoms with van der Waals surface area (Å²) in [5.74, 6) is 1.05. The molecule has 5 nitrogen and oxygen atoms in total. The summed E-state index contributed by atoms with van der Waals surface area (Å²) in [6.45, 7) is 0.855. The van der Waals surface area contributed by atoms with Crippen molar-refractivity contribution in [3.63, 3.8) is 0 Å². The highest BCUT2D eigenvalue weighted by atomic mass is 16.1. The zero-order valence-corrected chi connectivity index (χ0v) is 13.9. The van der Waals surface area contributed by atoms with Gasteiger partial charge in [-0.05, 0) is 42.8 Å². The van der Waals surface area contributed by atoms with Crippen molar-refractivity contribution < 1.29 is 4.79 Å². The van der Waals surface area contributed by atoms with Gasteiger partial charge in [-0.25, -0.2) is 4.98 Å². The van der Waals surface area contributed by atoms with Crippen molar-refractivity contribution in [3.05, 3.63) is 72.8 Å². The summed E-state index contributed by atoms with van der Waals surface area (Å²) in [5.41, 5.74) is 2.85. The third kappa shape index (κ3) is 3.55. The van der Waals surface area contributed by atoms with Crippen LogP contribution in [0.25, 0.3) is 0 Å². The van der Waals surface area contributed by atoms with Gasteiger partial charge in [0.2, 0.25) is 5.91 Å². The maximum Gasteiger partial charge on any atom is 0.228 e. The monoisotopic (exact) mass is 332 g/mol. The third-order valence-corrected chi connectivity index (χ3v) is 4.53. The molecule has 0 aliphatic carbocycles. The van der Waals surface area contributed by atoms with Gasteiger partial charge in [-0.2, -0.15) is 0 Å². The first kappa shape index (κ1) is 15.4. The van der Waals surface area contributed by atoms with Gasteiger partial charge in [0.05, 0.1) is 0 Å². The number of amides is 1. The average Bonchev–Trinajstić information content (AvgIpc) is 3.12. The van der Waals surface area contributed by atoms with E-state index >= 15 is 0 Å². The molecule has 25 heavy (non-hydrogen) atoms. The minimum absolute atomic E-state index is 0.0166. The van der Waals surface area contributed by atoms with E-state index in [-0.39, 0.29) is 11.8 Å². The number of fused-ring (bicyclic) bond motifs is 1. The molecule has 1 aliphatic rings. The Labute approximate surface area is 146 Å². The summed E-state index contributed by atoms with van der Waals surface area (Å²) < 4.78 is 2.12. The summed E-state index contributed by atoms with van der Waals surface area (Å²) in [7, 11) is 0. The Morgan fingerprint density at radius 2 is 1.72 bits per heavy atom. The molecule has 0 saturated heterocycles. The van der Waals surface area contributed by atoms with E-state index < -0.39 is 0 Å². The molecule has 1 atom stereocenters. The van der Waals surface area contributed by atoms with E-state index in [9.17, 15) is 4.79 Å². The van der Waals surface area contributed by atoms with Crippen LogP contribution in [-0.4, -0.2) is 15.5 Å². The van der Waals surface area contributed by atoms with Crippen molar-refractivity contribution in [1.29, 1.82) is 0 Å². The Bertz CT molecular complexity index is 855. The number of hydrogen-bond donors (Lipinski definition) is 2. The van der Waals surface area contributed by atoms with E-state index in [2.05, 4.69) is 20.2 Å². The van der Waals surface area contributed by atoms with E-state index in [0.29, 0.717) is 6.42 Å². The van der Waals surface area contributed by atoms with Gasteiger partial charge in [-0.1, -0.05) is 18.2 Å². The third-order valence-electron chi connectivity index (χ3n) is 4.53. The van der Waals surface area contributed by atoms with Gasteiger partial charge in [0.25, 0.3) is 0 Å². The quantitative estimate of drug-likeness (QED) is 0.763. The van der Waals surface area contributed by atoms with Crippen molar-refractivity contribution in [3.8, 4) is 0 Å². The van der Waals surface area contributed by atoms with Crippen LogP contribution in [0, 0.1) is 5.92 Å². The standard InChI is InChI=1S/C20H20N4O/c25-20(15-10-12-24-13-11-21-19(24)14-15)23-18-8-6-17(7-9-18)22-16-4-2-1-3-5-16/h1-9,11,13,15,22H,10,12,14H2,(H,23,25). The highest BCUT2D eigenvalue weighted by molar-refractivity contribution is 5.93. The Morgan fingerprint density at radius 1 is 1.00 bits per heavy atom. The van der Waals surface area contributed by atoms with Crippen LogP contribution < -0.4 is 10.6 Å². The van der Waals surface area contributed by atoms with Crippen LogP contribution in [0.2, 0.25) is 0 Å². The minimum Gasteiger partial charge on any atom is -0.356 e. The molecule has 4 rings (SSSR count). The molecular formula is C20H20N4O. The first-order valence-corrected chi connectivity index (χ1v) is 8.51. The Morgan fingerprint density at radius 3 is 2.52 bits per heavy atom. The van der Waals surface area contributed by atoms with Crippen LogP contribution in [-0.2, 0) is 17.8 Å². The van der Waals surface area contributed by atoms with Crippen LogP contribution >= 0.6 is 0 Å². The van der Waals surface area contributed by atoms with E-state index in [0.717, 1.165) is 35.9 Å². The highest BCUT2D eigenvalue weighted by Gasteiger charge is 2.25. The molecule has 1 amide bonds. The number of para-hydroxylation sites is 1. The summed E-state index contributed by atoms with van der Waals surface area (Å²) in [4.78, 5) is 16.8. The fraction of sp³-hybridized carbons (Fsp3) is 0.200. The number of aromatic nitrogens is 2. The minimum atomic E-state index is -0.0166. The van der Waals surface area contributed by atoms with Gasteiger partial charge >= 0.3 is 0 Å². The molecule has 2 aromatic carbocycles. The normalized spacial score (nSPS) is 16.1. The zero-order valence-electron chi connectivity index (χ0n) is 13.9. The van der Waals surface area contributed by atoms with Gasteiger partial charge < -0.3 is 15.2 Å². The number of rotatable bonds is 4. The second-order valence-electron chi connectivity index (χ2n) is 6.28. The number of carbonyl (C=O) groups excluding carboxylic acids is 1. The molecule has 5 heteroatoms. The van der Waals surface area contributed by atoms with Gasteiger partial charge in [0.1, 0.15) is 5.82 Å². The van der Waals surface area contributed by atoms with Crippen LogP contribution in [0.4, 0.5) is 17.1 Å². The van der Waals surface area contributed by atoms with Crippen molar-refractivity contribution in [1.82, 2.24) is 9.55 Å². The largest absolute Gasteiger partial charge is 0.356 e. The van der Waals surface area contributed by atoms with Gasteiger partial charge in [0, 0.05) is 48.3 Å². The lowest BCUT2D eigenvalue weighted by atomic mass is 9.97. The van der Waals surface area contributed by atoms with Gasteiger partial charge in [-0.15, -0.1) is 0 Å². The lowest BCUT2D eigenvalue weighted by Crippen LogP contribution is -2.30. The highest BCUT2D eigenvalue weighted by Crippen LogP contribution is 2.22. The number of hydrogen-bond acceptors (Lipinski definition) is 3. The smallest absolute Gasteiger partial charge is 0.228 e. The van der Waals surface area contributed by atoms with E-state index in [1.165, 1.54) is 0 Å². The number of imidazole rings is 1. The van der Waals surface area contributed by atoms with Crippen LogP contribution in [0.1, 0.15) is 12.2 Å². The lowest BCUT2D eigenvalue weighted by Gasteiger charge is -2.22. The molecule has 0 bridgehead atoms. The fourth-order valence-corrected chi connectivity index (χ4v) is 3.14. The first-order chi connectivity index (χ1) is 12.3. The summed E-state index contributed by atoms with van der Waals surface area (Å²) >= 11 is 0. The SMILES string of the molecule is O=C(Nc1ccc(Nc2ccccc2)cc1)C1CCn2ccnc2C1. The second kappa shape index (κ2) is 6.81. The number of nitrogens with zero attached hydrogens (tertiary/aromatic N) is 2. The molecule has 1 aromatic heterocycles. The Hall–Kier alpha value is -3.08. The molecule has 1 aliphatic heterocycles. The maximum atomic E-state index is 12.5. The lowest BCUT2D eigenvalue weighted by molar-refractivity contribution is -0.120.